The van der Waals surface area contributed by atoms with E-state index in [1.165, 1.54) is 0 Å². The molecule has 0 rings (SSSR count). The van der Waals surface area contributed by atoms with Crippen LogP contribution < -0.4 is 0 Å². The summed E-state index contributed by atoms with van der Waals surface area (Å²) in [6.07, 6.45) is 1.02. The lowest BCUT2D eigenvalue weighted by Gasteiger charge is -2.11. The van der Waals surface area contributed by atoms with Crippen LogP contribution in [-0.2, 0) is 9.59 Å². The van der Waals surface area contributed by atoms with Crippen LogP contribution in [0.4, 0.5) is 0 Å². The lowest BCUT2D eigenvalue weighted by molar-refractivity contribution is -0.139. The molecule has 0 fully saturated rings. The molecule has 122 valence electrons. The number of hydrogen-bond acceptors (Lipinski definition) is 6. The zero-order chi connectivity index (χ0) is 17.8. The van der Waals surface area contributed by atoms with Gasteiger partial charge in [-0.2, -0.15) is 20.8 Å². The van der Waals surface area contributed by atoms with Crippen LogP contribution in [0.3, 0.4) is 0 Å². The lowest BCUT2D eigenvalue weighted by Crippen LogP contribution is -2.17. The van der Waals surface area contributed by atoms with Crippen molar-refractivity contribution in [2.24, 2.45) is 10.2 Å². The molecule has 0 aliphatic carbocycles. The highest BCUT2D eigenvalue weighted by atomic mass is 16.4. The minimum Gasteiger partial charge on any atom is -0.481 e. The maximum atomic E-state index is 9.90. The summed E-state index contributed by atoms with van der Waals surface area (Å²) in [6.45, 7) is 6.57. The Morgan fingerprint density at radius 2 is 1.14 bits per heavy atom. The normalized spacial score (nSPS) is 11.0. The Balaban J connectivity index is 0. The lowest BCUT2D eigenvalue weighted by atomic mass is 10.1. The Kier molecular flexibility index (Phi) is 10.2. The van der Waals surface area contributed by atoms with Gasteiger partial charge in [0, 0.05) is 12.8 Å². The number of unbranched alkanes of at least 4 members (excludes halogenated alkanes) is 1. The average Bonchev–Trinajstić information content (AvgIpc) is 2.42. The summed E-state index contributed by atoms with van der Waals surface area (Å²) in [6, 6.07) is 3.94. The van der Waals surface area contributed by atoms with Crippen LogP contribution in [0.5, 0.6) is 0 Å². The first-order valence-electron chi connectivity index (χ1n) is 6.66. The van der Waals surface area contributed by atoms with Gasteiger partial charge in [0.15, 0.2) is 11.1 Å². The molecule has 0 aromatic heterocycles. The summed E-state index contributed by atoms with van der Waals surface area (Å²) in [5.74, 6) is -1.74. The highest BCUT2D eigenvalue weighted by Gasteiger charge is 2.19. The number of aliphatic carboxylic acids is 2. The van der Waals surface area contributed by atoms with E-state index in [-0.39, 0.29) is 12.8 Å². The third-order valence-corrected chi connectivity index (χ3v) is 2.13. The molecule has 0 saturated heterocycles. The summed E-state index contributed by atoms with van der Waals surface area (Å²) in [5.41, 5.74) is -1.68. The molecular weight excluding hydrogens is 288 g/mol. The molecule has 0 aliphatic rings. The van der Waals surface area contributed by atoms with E-state index in [1.807, 2.05) is 12.1 Å². The quantitative estimate of drug-likeness (QED) is 0.545. The van der Waals surface area contributed by atoms with Gasteiger partial charge in [-0.15, -0.1) is 0 Å². The predicted molar refractivity (Wildman–Crippen MR) is 78.0 cm³/mol. The Morgan fingerprint density at radius 1 is 0.864 bits per heavy atom. The summed E-state index contributed by atoms with van der Waals surface area (Å²) >= 11 is 0. The summed E-state index contributed by atoms with van der Waals surface area (Å²) in [7, 11) is 0. The third-order valence-electron chi connectivity index (χ3n) is 2.13. The van der Waals surface area contributed by atoms with Gasteiger partial charge in [0.25, 0.3) is 0 Å². The fourth-order valence-corrected chi connectivity index (χ4v) is 0.847. The van der Waals surface area contributed by atoms with Crippen molar-refractivity contribution in [3.8, 4) is 12.1 Å². The fraction of sp³-hybridized carbons (Fsp3) is 0.714. The number of hydrogen-bond donors (Lipinski definition) is 2. The Bertz CT molecular complexity index is 440. The van der Waals surface area contributed by atoms with Crippen molar-refractivity contribution in [2.45, 2.75) is 64.5 Å². The van der Waals surface area contributed by atoms with E-state index < -0.39 is 23.0 Å². The molecule has 0 aromatic carbocycles. The van der Waals surface area contributed by atoms with Gasteiger partial charge in [-0.1, -0.05) is 0 Å². The molecule has 0 aromatic rings. The van der Waals surface area contributed by atoms with Crippen LogP contribution in [-0.4, -0.2) is 33.2 Å². The van der Waals surface area contributed by atoms with Gasteiger partial charge in [-0.05, 0) is 40.5 Å². The Hall–Kier alpha value is -2.48. The van der Waals surface area contributed by atoms with Crippen molar-refractivity contribution < 1.29 is 19.8 Å². The third kappa shape index (κ3) is 15.6. The van der Waals surface area contributed by atoms with Crippen LogP contribution in [0, 0.1) is 22.7 Å². The van der Waals surface area contributed by atoms with Gasteiger partial charge in [-0.25, -0.2) is 0 Å². The minimum absolute atomic E-state index is 0.0628. The number of rotatable bonds is 7. The zero-order valence-corrected chi connectivity index (χ0v) is 13.3. The molecule has 0 amide bonds. The molecule has 8 nitrogen and oxygen atoms in total. The van der Waals surface area contributed by atoms with E-state index in [0.29, 0.717) is 12.8 Å². The largest absolute Gasteiger partial charge is 0.481 e. The van der Waals surface area contributed by atoms with E-state index in [9.17, 15) is 9.59 Å². The number of carboxylic acid groups (broad SMARTS) is 2. The van der Waals surface area contributed by atoms with Crippen molar-refractivity contribution in [2.75, 3.05) is 0 Å². The standard InChI is InChI=1S/C8H12N4.C6H10O4/c1-7(2,5-9)11-12-8(3,4)6-10;7-5(8)3-1-2-4-6(9)10/h1-4H3;1-4H2,(H,7,8)(H,9,10). The average molecular weight is 310 g/mol. The van der Waals surface area contributed by atoms with E-state index in [1.54, 1.807) is 27.7 Å². The number of carboxylic acids is 2. The molecule has 0 aliphatic heterocycles. The van der Waals surface area contributed by atoms with Gasteiger partial charge in [-0.3, -0.25) is 9.59 Å². The van der Waals surface area contributed by atoms with Gasteiger partial charge < -0.3 is 10.2 Å². The van der Waals surface area contributed by atoms with Gasteiger partial charge in [0.05, 0.1) is 12.1 Å². The first-order chi connectivity index (χ1) is 9.95. The second-order valence-electron chi connectivity index (χ2n) is 5.54. The molecular formula is C14H22N4O4. The number of nitrogens with zero attached hydrogens (tertiary/aromatic N) is 4. The molecule has 22 heavy (non-hydrogen) atoms. The van der Waals surface area contributed by atoms with Crippen molar-refractivity contribution in [3.05, 3.63) is 0 Å². The second kappa shape index (κ2) is 10.3. The first kappa shape index (κ1) is 21.8. The zero-order valence-electron chi connectivity index (χ0n) is 13.3. The molecule has 8 heteroatoms. The number of carbonyl (C=O) groups is 2. The summed E-state index contributed by atoms with van der Waals surface area (Å²) < 4.78 is 0. The van der Waals surface area contributed by atoms with Crippen LogP contribution in [0.25, 0.3) is 0 Å². The van der Waals surface area contributed by atoms with Crippen LogP contribution in [0.2, 0.25) is 0 Å². The molecule has 0 heterocycles. The van der Waals surface area contributed by atoms with Gasteiger partial charge in [0.1, 0.15) is 0 Å². The molecule has 0 saturated carbocycles. The van der Waals surface area contributed by atoms with Crippen LogP contribution >= 0.6 is 0 Å². The Labute approximate surface area is 130 Å². The Morgan fingerprint density at radius 3 is 1.32 bits per heavy atom. The minimum atomic E-state index is -0.870. The van der Waals surface area contributed by atoms with E-state index in [0.717, 1.165) is 0 Å². The summed E-state index contributed by atoms with van der Waals surface area (Å²) in [4.78, 5) is 19.8. The first-order valence-corrected chi connectivity index (χ1v) is 6.66. The van der Waals surface area contributed by atoms with Gasteiger partial charge in [0.2, 0.25) is 0 Å². The molecule has 2 N–H and O–H groups in total. The summed E-state index contributed by atoms with van der Waals surface area (Å²) in [5, 5.41) is 40.9. The maximum absolute atomic E-state index is 9.90. The van der Waals surface area contributed by atoms with Crippen molar-refractivity contribution in [1.29, 1.82) is 10.5 Å². The SMILES string of the molecule is CC(C)(C#N)N=NC(C)(C)C#N.O=C(O)CCCCC(=O)O. The van der Waals surface area contributed by atoms with Crippen LogP contribution in [0.15, 0.2) is 10.2 Å². The van der Waals surface area contributed by atoms with E-state index in [4.69, 9.17) is 20.7 Å². The smallest absolute Gasteiger partial charge is 0.303 e. The van der Waals surface area contributed by atoms with Gasteiger partial charge >= 0.3 is 11.9 Å². The molecule has 0 radical (unpaired) electrons. The van der Waals surface area contributed by atoms with Crippen molar-refractivity contribution in [3.63, 3.8) is 0 Å². The van der Waals surface area contributed by atoms with Crippen molar-refractivity contribution in [1.82, 2.24) is 0 Å². The predicted octanol–water partition coefficient (Wildman–Crippen LogP) is 2.76. The highest BCUT2D eigenvalue weighted by Crippen LogP contribution is 2.13. The molecule has 0 spiro atoms. The van der Waals surface area contributed by atoms with Crippen LogP contribution in [0.1, 0.15) is 53.4 Å². The monoisotopic (exact) mass is 310 g/mol. The number of azo groups is 1. The molecule has 0 atom stereocenters. The fourth-order valence-electron chi connectivity index (χ4n) is 0.847. The molecule has 0 bridgehead atoms. The second-order valence-corrected chi connectivity index (χ2v) is 5.54. The number of nitriles is 2. The van der Waals surface area contributed by atoms with E-state index in [2.05, 4.69) is 10.2 Å². The highest BCUT2D eigenvalue weighted by molar-refractivity contribution is 5.67. The molecule has 0 unspecified atom stereocenters. The topological polar surface area (TPSA) is 147 Å². The maximum Gasteiger partial charge on any atom is 0.303 e. The van der Waals surface area contributed by atoms with E-state index >= 15 is 0 Å². The van der Waals surface area contributed by atoms with Crippen molar-refractivity contribution >= 4 is 11.9 Å².